The first-order valence-electron chi connectivity index (χ1n) is 10.4. The molecule has 1 aliphatic rings. The fourth-order valence-corrected chi connectivity index (χ4v) is 3.85. The second kappa shape index (κ2) is 9.54. The van der Waals surface area contributed by atoms with Crippen LogP contribution in [0.25, 0.3) is 5.69 Å². The van der Waals surface area contributed by atoms with E-state index in [1.807, 2.05) is 42.5 Å². The highest BCUT2D eigenvalue weighted by atomic mass is 16.5. The lowest BCUT2D eigenvalue weighted by Gasteiger charge is -2.35. The first kappa shape index (κ1) is 20.1. The molecule has 4 rings (SSSR count). The van der Waals surface area contributed by atoms with Crippen molar-refractivity contribution in [2.24, 2.45) is 0 Å². The third kappa shape index (κ3) is 4.68. The van der Waals surface area contributed by atoms with Crippen LogP contribution in [0.3, 0.4) is 0 Å². The van der Waals surface area contributed by atoms with Gasteiger partial charge in [-0.15, -0.1) is 5.10 Å². The van der Waals surface area contributed by atoms with Gasteiger partial charge in [-0.3, -0.25) is 9.69 Å². The largest absolute Gasteiger partial charge is 0.497 e. The standard InChI is InChI=1S/C23H27N5O2/c1-30-20-12-10-18(11-13-20)22(27-14-6-3-7-15-27)17-24-23(29)21-16-25-28(26-21)19-8-4-2-5-9-19/h2,4-5,8-13,16,22H,3,6-7,14-15,17H2,1H3,(H,24,29). The summed E-state index contributed by atoms with van der Waals surface area (Å²) in [4.78, 5) is 16.7. The highest BCUT2D eigenvalue weighted by molar-refractivity contribution is 5.91. The Bertz CT molecular complexity index is 949. The molecule has 1 N–H and O–H groups in total. The number of benzene rings is 2. The van der Waals surface area contributed by atoms with Crippen molar-refractivity contribution in [2.75, 3.05) is 26.7 Å². The number of carbonyl (C=O) groups is 1. The summed E-state index contributed by atoms with van der Waals surface area (Å²) < 4.78 is 5.29. The monoisotopic (exact) mass is 405 g/mol. The van der Waals surface area contributed by atoms with Gasteiger partial charge >= 0.3 is 0 Å². The van der Waals surface area contributed by atoms with Gasteiger partial charge in [-0.2, -0.15) is 9.90 Å². The van der Waals surface area contributed by atoms with E-state index < -0.39 is 0 Å². The Morgan fingerprint density at radius 3 is 2.50 bits per heavy atom. The number of carbonyl (C=O) groups excluding carboxylic acids is 1. The lowest BCUT2D eigenvalue weighted by atomic mass is 10.0. The third-order valence-corrected chi connectivity index (χ3v) is 5.50. The van der Waals surface area contributed by atoms with Crippen LogP contribution < -0.4 is 10.1 Å². The number of piperidine rings is 1. The zero-order valence-corrected chi connectivity index (χ0v) is 17.2. The fraction of sp³-hybridized carbons (Fsp3) is 0.348. The number of para-hydroxylation sites is 1. The molecule has 3 aromatic rings. The molecule has 1 amide bonds. The SMILES string of the molecule is COc1ccc(C(CNC(=O)c2cnn(-c3ccccc3)n2)N2CCCCC2)cc1. The topological polar surface area (TPSA) is 72.3 Å². The number of nitrogens with one attached hydrogen (secondary N) is 1. The molecule has 30 heavy (non-hydrogen) atoms. The molecule has 1 fully saturated rings. The van der Waals surface area contributed by atoms with E-state index in [0.717, 1.165) is 24.5 Å². The van der Waals surface area contributed by atoms with Crippen molar-refractivity contribution in [1.29, 1.82) is 0 Å². The highest BCUT2D eigenvalue weighted by Crippen LogP contribution is 2.26. The van der Waals surface area contributed by atoms with Crippen molar-refractivity contribution in [3.8, 4) is 11.4 Å². The van der Waals surface area contributed by atoms with E-state index in [1.165, 1.54) is 35.8 Å². The minimum atomic E-state index is -0.215. The van der Waals surface area contributed by atoms with Gasteiger partial charge in [-0.1, -0.05) is 36.8 Å². The van der Waals surface area contributed by atoms with Crippen molar-refractivity contribution in [3.63, 3.8) is 0 Å². The first-order valence-corrected chi connectivity index (χ1v) is 10.4. The van der Waals surface area contributed by atoms with Crippen LogP contribution >= 0.6 is 0 Å². The number of amides is 1. The molecule has 0 aliphatic carbocycles. The van der Waals surface area contributed by atoms with Gasteiger partial charge in [-0.25, -0.2) is 0 Å². The van der Waals surface area contributed by atoms with Gasteiger partial charge in [0.15, 0.2) is 5.69 Å². The Labute approximate surface area is 176 Å². The molecule has 7 nitrogen and oxygen atoms in total. The maximum Gasteiger partial charge on any atom is 0.273 e. The molecule has 1 aliphatic heterocycles. The number of aromatic nitrogens is 3. The minimum absolute atomic E-state index is 0.115. The average molecular weight is 406 g/mol. The number of hydrogen-bond acceptors (Lipinski definition) is 5. The van der Waals surface area contributed by atoms with Gasteiger partial charge < -0.3 is 10.1 Å². The number of likely N-dealkylation sites (tertiary alicyclic amines) is 1. The summed E-state index contributed by atoms with van der Waals surface area (Å²) in [6.45, 7) is 2.59. The number of nitrogens with zero attached hydrogens (tertiary/aromatic N) is 4. The lowest BCUT2D eigenvalue weighted by molar-refractivity contribution is 0.0919. The second-order valence-corrected chi connectivity index (χ2v) is 7.45. The van der Waals surface area contributed by atoms with E-state index in [4.69, 9.17) is 4.74 Å². The molecular weight excluding hydrogens is 378 g/mol. The van der Waals surface area contributed by atoms with E-state index in [9.17, 15) is 4.79 Å². The quantitative estimate of drug-likeness (QED) is 0.653. The molecular formula is C23H27N5O2. The summed E-state index contributed by atoms with van der Waals surface area (Å²) in [6.07, 6.45) is 5.14. The molecule has 2 heterocycles. The van der Waals surface area contributed by atoms with Crippen LogP contribution in [0.15, 0.2) is 60.8 Å². The third-order valence-electron chi connectivity index (χ3n) is 5.50. The average Bonchev–Trinajstić information content (AvgIpc) is 3.31. The van der Waals surface area contributed by atoms with Crippen molar-refractivity contribution in [3.05, 3.63) is 72.1 Å². The predicted molar refractivity (Wildman–Crippen MR) is 115 cm³/mol. The van der Waals surface area contributed by atoms with E-state index in [0.29, 0.717) is 12.2 Å². The van der Waals surface area contributed by atoms with Crippen LogP contribution in [0, 0.1) is 0 Å². The van der Waals surface area contributed by atoms with Gasteiger partial charge in [0, 0.05) is 6.54 Å². The van der Waals surface area contributed by atoms with E-state index in [2.05, 4.69) is 32.5 Å². The van der Waals surface area contributed by atoms with E-state index in [-0.39, 0.29) is 11.9 Å². The van der Waals surface area contributed by atoms with Crippen molar-refractivity contribution < 1.29 is 9.53 Å². The Kier molecular flexibility index (Phi) is 6.39. The summed E-state index contributed by atoms with van der Waals surface area (Å²) in [5.74, 6) is 0.616. The van der Waals surface area contributed by atoms with Gasteiger partial charge in [0.05, 0.1) is 25.0 Å². The summed E-state index contributed by atoms with van der Waals surface area (Å²) >= 11 is 0. The number of hydrogen-bond donors (Lipinski definition) is 1. The molecule has 0 saturated carbocycles. The maximum atomic E-state index is 12.7. The molecule has 0 radical (unpaired) electrons. The van der Waals surface area contributed by atoms with Crippen LogP contribution in [-0.4, -0.2) is 52.5 Å². The second-order valence-electron chi connectivity index (χ2n) is 7.45. The molecule has 7 heteroatoms. The van der Waals surface area contributed by atoms with Crippen LogP contribution in [-0.2, 0) is 0 Å². The number of ether oxygens (including phenoxy) is 1. The lowest BCUT2D eigenvalue weighted by Crippen LogP contribution is -2.40. The Morgan fingerprint density at radius 2 is 1.80 bits per heavy atom. The Morgan fingerprint density at radius 1 is 1.07 bits per heavy atom. The summed E-state index contributed by atoms with van der Waals surface area (Å²) in [7, 11) is 1.67. The van der Waals surface area contributed by atoms with Crippen LogP contribution in [0.5, 0.6) is 5.75 Å². The molecule has 156 valence electrons. The van der Waals surface area contributed by atoms with Gasteiger partial charge in [0.1, 0.15) is 5.75 Å². The van der Waals surface area contributed by atoms with E-state index in [1.54, 1.807) is 7.11 Å². The van der Waals surface area contributed by atoms with Crippen LogP contribution in [0.4, 0.5) is 0 Å². The van der Waals surface area contributed by atoms with Crippen molar-refractivity contribution >= 4 is 5.91 Å². The minimum Gasteiger partial charge on any atom is -0.497 e. The normalized spacial score (nSPS) is 15.5. The smallest absolute Gasteiger partial charge is 0.273 e. The molecule has 1 unspecified atom stereocenters. The zero-order valence-electron chi connectivity index (χ0n) is 17.2. The first-order chi connectivity index (χ1) is 14.7. The number of methoxy groups -OCH3 is 1. The molecule has 0 bridgehead atoms. The van der Waals surface area contributed by atoms with Crippen LogP contribution in [0.1, 0.15) is 41.4 Å². The molecule has 0 spiro atoms. The maximum absolute atomic E-state index is 12.7. The highest BCUT2D eigenvalue weighted by Gasteiger charge is 2.23. The molecule has 1 atom stereocenters. The number of rotatable bonds is 7. The predicted octanol–water partition coefficient (Wildman–Crippen LogP) is 3.23. The summed E-state index contributed by atoms with van der Waals surface area (Å²) in [5, 5.41) is 11.6. The molecule has 1 aromatic heterocycles. The molecule has 2 aromatic carbocycles. The van der Waals surface area contributed by atoms with Gasteiger partial charge in [0.25, 0.3) is 5.91 Å². The molecule has 1 saturated heterocycles. The fourth-order valence-electron chi connectivity index (χ4n) is 3.85. The van der Waals surface area contributed by atoms with E-state index >= 15 is 0 Å². The Balaban J connectivity index is 1.46. The van der Waals surface area contributed by atoms with Crippen LogP contribution in [0.2, 0.25) is 0 Å². The zero-order chi connectivity index (χ0) is 20.8. The van der Waals surface area contributed by atoms with Gasteiger partial charge in [0.2, 0.25) is 0 Å². The summed E-state index contributed by atoms with van der Waals surface area (Å²) in [6, 6.07) is 17.8. The van der Waals surface area contributed by atoms with Gasteiger partial charge in [-0.05, 0) is 55.8 Å². The Hall–Kier alpha value is -3.19. The van der Waals surface area contributed by atoms with Crippen molar-refractivity contribution in [1.82, 2.24) is 25.2 Å². The summed E-state index contributed by atoms with van der Waals surface area (Å²) in [5.41, 5.74) is 2.30. The van der Waals surface area contributed by atoms with Crippen molar-refractivity contribution in [2.45, 2.75) is 25.3 Å².